The summed E-state index contributed by atoms with van der Waals surface area (Å²) in [6.07, 6.45) is 0.564. The molecule has 7 N–H and O–H groups in total. The quantitative estimate of drug-likeness (QED) is 0.380. The van der Waals surface area contributed by atoms with E-state index in [-0.39, 0.29) is 18.2 Å². The maximum Gasteiger partial charge on any atom is 0.236 e. The van der Waals surface area contributed by atoms with Crippen molar-refractivity contribution in [3.63, 3.8) is 0 Å². The van der Waals surface area contributed by atoms with Crippen LogP contribution in [0.1, 0.15) is 19.8 Å². The van der Waals surface area contributed by atoms with E-state index in [4.69, 9.17) is 17.2 Å². The molecule has 7 heteroatoms. The van der Waals surface area contributed by atoms with Crippen LogP contribution in [0.25, 0.3) is 0 Å². The lowest BCUT2D eigenvalue weighted by Crippen LogP contribution is -2.43. The molecule has 0 bridgehead atoms. The van der Waals surface area contributed by atoms with Gasteiger partial charge in [0.1, 0.15) is 0 Å². The van der Waals surface area contributed by atoms with E-state index in [0.29, 0.717) is 39.1 Å². The Morgan fingerprint density at radius 3 is 2.22 bits per heavy atom. The molecule has 0 aliphatic rings. The van der Waals surface area contributed by atoms with Crippen molar-refractivity contribution in [3.8, 4) is 0 Å². The van der Waals surface area contributed by atoms with Crippen molar-refractivity contribution in [1.82, 2.24) is 10.2 Å². The van der Waals surface area contributed by atoms with E-state index >= 15 is 0 Å². The van der Waals surface area contributed by atoms with Crippen LogP contribution >= 0.6 is 0 Å². The first kappa shape index (κ1) is 16.8. The molecule has 0 saturated heterocycles. The molecule has 18 heavy (non-hydrogen) atoms. The average Bonchev–Trinajstić information content (AvgIpc) is 2.35. The van der Waals surface area contributed by atoms with Crippen molar-refractivity contribution in [3.05, 3.63) is 0 Å². The van der Waals surface area contributed by atoms with Crippen LogP contribution in [-0.2, 0) is 9.59 Å². The first-order valence-electron chi connectivity index (χ1n) is 6.28. The highest BCUT2D eigenvalue weighted by atomic mass is 16.2. The highest BCUT2D eigenvalue weighted by molar-refractivity contribution is 5.82. The van der Waals surface area contributed by atoms with Crippen LogP contribution in [0.4, 0.5) is 0 Å². The molecule has 7 nitrogen and oxygen atoms in total. The molecule has 0 heterocycles. The number of nitrogens with one attached hydrogen (secondary N) is 1. The van der Waals surface area contributed by atoms with Crippen molar-refractivity contribution in [2.45, 2.75) is 25.8 Å². The lowest BCUT2D eigenvalue weighted by Gasteiger charge is -2.21. The molecular formula is C11H25N5O2. The number of likely N-dealkylation sites (N-methyl/N-ethyl adjacent to an activating group) is 1. The molecule has 0 aromatic carbocycles. The second-order valence-corrected chi connectivity index (χ2v) is 4.00. The fraction of sp³-hybridized carbons (Fsp3) is 0.818. The summed E-state index contributed by atoms with van der Waals surface area (Å²) in [7, 11) is 0. The molecule has 0 rings (SSSR count). The summed E-state index contributed by atoms with van der Waals surface area (Å²) in [6.45, 7) is 4.11. The van der Waals surface area contributed by atoms with Gasteiger partial charge in [-0.1, -0.05) is 0 Å². The molecule has 0 radical (unpaired) electrons. The Balaban J connectivity index is 4.09. The molecule has 2 amide bonds. The molecule has 1 atom stereocenters. The van der Waals surface area contributed by atoms with Crippen LogP contribution in [0.15, 0.2) is 0 Å². The molecule has 0 spiro atoms. The van der Waals surface area contributed by atoms with Crippen LogP contribution in [0.5, 0.6) is 0 Å². The average molecular weight is 259 g/mol. The summed E-state index contributed by atoms with van der Waals surface area (Å²) in [6, 6.07) is -0.647. The van der Waals surface area contributed by atoms with Gasteiger partial charge < -0.3 is 27.4 Å². The summed E-state index contributed by atoms with van der Waals surface area (Å²) in [5.74, 6) is -0.292. The third-order valence-corrected chi connectivity index (χ3v) is 2.51. The summed E-state index contributed by atoms with van der Waals surface area (Å²) >= 11 is 0. The van der Waals surface area contributed by atoms with Crippen molar-refractivity contribution in [2.24, 2.45) is 17.2 Å². The van der Waals surface area contributed by atoms with E-state index in [9.17, 15) is 9.59 Å². The third kappa shape index (κ3) is 6.53. The van der Waals surface area contributed by atoms with Crippen molar-refractivity contribution in [1.29, 1.82) is 0 Å². The first-order valence-corrected chi connectivity index (χ1v) is 6.28. The largest absolute Gasteiger partial charge is 0.355 e. The molecule has 0 saturated carbocycles. The number of hydrogen-bond acceptors (Lipinski definition) is 5. The number of carbonyl (C=O) groups is 2. The third-order valence-electron chi connectivity index (χ3n) is 2.51. The van der Waals surface area contributed by atoms with Gasteiger partial charge in [0.05, 0.1) is 6.04 Å². The molecule has 0 aliphatic heterocycles. The molecule has 106 valence electrons. The SMILES string of the molecule is CCNC(=O)C(N)CCC(=O)N(CCN)CCN. The van der Waals surface area contributed by atoms with Gasteiger partial charge in [0.15, 0.2) is 0 Å². The molecule has 1 unspecified atom stereocenters. The highest BCUT2D eigenvalue weighted by Crippen LogP contribution is 2.00. The Morgan fingerprint density at radius 1 is 1.22 bits per heavy atom. The summed E-state index contributed by atoms with van der Waals surface area (Å²) in [5, 5.41) is 2.62. The van der Waals surface area contributed by atoms with Gasteiger partial charge in [-0.15, -0.1) is 0 Å². The highest BCUT2D eigenvalue weighted by Gasteiger charge is 2.17. The van der Waals surface area contributed by atoms with E-state index in [0.717, 1.165) is 0 Å². The van der Waals surface area contributed by atoms with Gasteiger partial charge in [-0.25, -0.2) is 0 Å². The number of carbonyl (C=O) groups excluding carboxylic acids is 2. The standard InChI is InChI=1S/C11H25N5O2/c1-2-15-11(18)9(14)3-4-10(17)16(7-5-12)8-6-13/h9H,2-8,12-14H2,1H3,(H,15,18). The lowest BCUT2D eigenvalue weighted by atomic mass is 10.1. The van der Waals surface area contributed by atoms with Crippen molar-refractivity contribution in [2.75, 3.05) is 32.7 Å². The van der Waals surface area contributed by atoms with Gasteiger partial charge in [0.25, 0.3) is 0 Å². The summed E-state index contributed by atoms with van der Waals surface area (Å²) in [5.41, 5.74) is 16.5. The second-order valence-electron chi connectivity index (χ2n) is 4.00. The van der Waals surface area contributed by atoms with E-state index in [2.05, 4.69) is 5.32 Å². The summed E-state index contributed by atoms with van der Waals surface area (Å²) < 4.78 is 0. The normalized spacial score (nSPS) is 12.0. The Morgan fingerprint density at radius 2 is 1.78 bits per heavy atom. The Kier molecular flexibility index (Phi) is 9.17. The van der Waals surface area contributed by atoms with Gasteiger partial charge in [-0.3, -0.25) is 9.59 Å². The maximum absolute atomic E-state index is 11.8. The van der Waals surface area contributed by atoms with Gasteiger partial charge >= 0.3 is 0 Å². The van der Waals surface area contributed by atoms with Gasteiger partial charge in [0.2, 0.25) is 11.8 Å². The molecule has 0 aliphatic carbocycles. The number of nitrogens with two attached hydrogens (primary N) is 3. The van der Waals surface area contributed by atoms with Crippen LogP contribution in [0.3, 0.4) is 0 Å². The number of nitrogens with zero attached hydrogens (tertiary/aromatic N) is 1. The zero-order valence-corrected chi connectivity index (χ0v) is 11.0. The zero-order chi connectivity index (χ0) is 14.0. The number of rotatable bonds is 9. The van der Waals surface area contributed by atoms with Crippen LogP contribution in [0, 0.1) is 0 Å². The first-order chi connectivity index (χ1) is 8.56. The molecular weight excluding hydrogens is 234 g/mol. The smallest absolute Gasteiger partial charge is 0.236 e. The monoisotopic (exact) mass is 259 g/mol. The summed E-state index contributed by atoms with van der Waals surface area (Å²) in [4.78, 5) is 24.8. The van der Waals surface area contributed by atoms with E-state index < -0.39 is 6.04 Å². The van der Waals surface area contributed by atoms with E-state index in [1.165, 1.54) is 0 Å². The Bertz CT molecular complexity index is 254. The van der Waals surface area contributed by atoms with Crippen molar-refractivity contribution >= 4 is 11.8 Å². The minimum atomic E-state index is -0.647. The topological polar surface area (TPSA) is 127 Å². The van der Waals surface area contributed by atoms with Crippen LogP contribution in [-0.4, -0.2) is 55.5 Å². The maximum atomic E-state index is 11.8. The fourth-order valence-corrected chi connectivity index (χ4v) is 1.55. The minimum absolute atomic E-state index is 0.0642. The molecule has 0 aromatic heterocycles. The van der Waals surface area contributed by atoms with E-state index in [1.807, 2.05) is 6.92 Å². The molecule has 0 fully saturated rings. The lowest BCUT2D eigenvalue weighted by molar-refractivity contribution is -0.131. The Labute approximate surface area is 108 Å². The number of amides is 2. The Hall–Kier alpha value is -1.18. The zero-order valence-electron chi connectivity index (χ0n) is 11.0. The van der Waals surface area contributed by atoms with Gasteiger partial charge in [-0.05, 0) is 13.3 Å². The van der Waals surface area contributed by atoms with Gasteiger partial charge in [-0.2, -0.15) is 0 Å². The predicted octanol–water partition coefficient (Wildman–Crippen LogP) is -2.02. The minimum Gasteiger partial charge on any atom is -0.355 e. The van der Waals surface area contributed by atoms with Crippen LogP contribution < -0.4 is 22.5 Å². The predicted molar refractivity (Wildman–Crippen MR) is 70.6 cm³/mol. The second kappa shape index (κ2) is 9.81. The van der Waals surface area contributed by atoms with E-state index in [1.54, 1.807) is 4.90 Å². The van der Waals surface area contributed by atoms with Crippen molar-refractivity contribution < 1.29 is 9.59 Å². The fourth-order valence-electron chi connectivity index (χ4n) is 1.55. The van der Waals surface area contributed by atoms with Gasteiger partial charge in [0, 0.05) is 39.1 Å². The number of hydrogen-bond donors (Lipinski definition) is 4. The van der Waals surface area contributed by atoms with Crippen LogP contribution in [0.2, 0.25) is 0 Å². The molecule has 0 aromatic rings.